The second-order valence-electron chi connectivity index (χ2n) is 5.68. The number of hydrogen-bond acceptors (Lipinski definition) is 2. The van der Waals surface area contributed by atoms with Crippen LogP contribution in [0.5, 0.6) is 0 Å². The van der Waals surface area contributed by atoms with Crippen molar-refractivity contribution < 1.29 is 4.79 Å². The Kier molecular flexibility index (Phi) is 6.20. The first-order valence-electron chi connectivity index (χ1n) is 7.34. The summed E-state index contributed by atoms with van der Waals surface area (Å²) in [6.07, 6.45) is 8.04. The first-order chi connectivity index (χ1) is 9.04. The van der Waals surface area contributed by atoms with E-state index in [1.165, 1.54) is 12.0 Å². The molecule has 0 saturated heterocycles. The number of aliphatic imine (C=N–C) groups is 1. The summed E-state index contributed by atoms with van der Waals surface area (Å²) in [5.41, 5.74) is 2.03. The zero-order valence-electron chi connectivity index (χ0n) is 12.8. The van der Waals surface area contributed by atoms with Gasteiger partial charge in [-0.05, 0) is 32.1 Å². The van der Waals surface area contributed by atoms with Gasteiger partial charge in [-0.25, -0.2) is 0 Å². The minimum atomic E-state index is 0.201. The molecule has 1 saturated carbocycles. The number of allylic oxidation sites excluding steroid dienone is 3. The van der Waals surface area contributed by atoms with Gasteiger partial charge in [-0.1, -0.05) is 44.6 Å². The van der Waals surface area contributed by atoms with Crippen LogP contribution in [0.15, 0.2) is 29.3 Å². The summed E-state index contributed by atoms with van der Waals surface area (Å²) in [5.74, 6) is 1.31. The van der Waals surface area contributed by atoms with Crippen LogP contribution in [0.3, 0.4) is 0 Å². The summed E-state index contributed by atoms with van der Waals surface area (Å²) in [4.78, 5) is 16.8. The highest BCUT2D eigenvalue weighted by Crippen LogP contribution is 2.38. The summed E-state index contributed by atoms with van der Waals surface area (Å²) >= 11 is 0. The van der Waals surface area contributed by atoms with Crippen LogP contribution in [0.2, 0.25) is 0 Å². The van der Waals surface area contributed by atoms with Gasteiger partial charge in [-0.3, -0.25) is 9.79 Å². The summed E-state index contributed by atoms with van der Waals surface area (Å²) < 4.78 is 0. The predicted molar refractivity (Wildman–Crippen MR) is 82.6 cm³/mol. The lowest BCUT2D eigenvalue weighted by atomic mass is 9.68. The number of ketones is 1. The monoisotopic (exact) mass is 261 g/mol. The third-order valence-corrected chi connectivity index (χ3v) is 4.27. The van der Waals surface area contributed by atoms with Crippen LogP contribution in [-0.2, 0) is 4.79 Å². The van der Waals surface area contributed by atoms with Gasteiger partial charge in [0, 0.05) is 18.9 Å². The summed E-state index contributed by atoms with van der Waals surface area (Å²) in [5, 5.41) is 0. The minimum absolute atomic E-state index is 0.201. The van der Waals surface area contributed by atoms with Gasteiger partial charge in [0.05, 0.1) is 5.71 Å². The molecule has 0 aromatic heterocycles. The largest absolute Gasteiger partial charge is 0.293 e. The van der Waals surface area contributed by atoms with E-state index in [1.54, 1.807) is 13.1 Å². The molecule has 1 aliphatic carbocycles. The topological polar surface area (TPSA) is 29.4 Å². The van der Waals surface area contributed by atoms with Crippen molar-refractivity contribution in [3.05, 3.63) is 24.3 Å². The fourth-order valence-electron chi connectivity index (χ4n) is 3.02. The van der Waals surface area contributed by atoms with Crippen molar-refractivity contribution in [2.24, 2.45) is 22.7 Å². The molecule has 2 heteroatoms. The first kappa shape index (κ1) is 15.9. The summed E-state index contributed by atoms with van der Waals surface area (Å²) in [6, 6.07) is 0. The van der Waals surface area contributed by atoms with Crippen molar-refractivity contribution in [1.82, 2.24) is 0 Å². The van der Waals surface area contributed by atoms with Crippen LogP contribution in [0.25, 0.3) is 0 Å². The maximum Gasteiger partial charge on any atom is 0.180 e. The molecule has 19 heavy (non-hydrogen) atoms. The molecule has 0 aromatic rings. The standard InChI is InChI=1S/C17H27NO/c1-6-8-12(3)11-13(4)16(18-5)17(19)15-10-9-14(15)7-2/h6,8,13-15H,1,7,9-11H2,2-5H3. The maximum absolute atomic E-state index is 12.5. The third-order valence-electron chi connectivity index (χ3n) is 4.27. The van der Waals surface area contributed by atoms with Gasteiger partial charge in [0.15, 0.2) is 5.78 Å². The number of rotatable bonds is 7. The molecule has 0 aromatic carbocycles. The van der Waals surface area contributed by atoms with Crippen molar-refractivity contribution in [1.29, 1.82) is 0 Å². The highest BCUT2D eigenvalue weighted by molar-refractivity contribution is 6.41. The maximum atomic E-state index is 12.5. The zero-order chi connectivity index (χ0) is 14.4. The van der Waals surface area contributed by atoms with E-state index in [9.17, 15) is 4.79 Å². The SMILES string of the molecule is C=CC=C(C)CC(C)C(=NC)C(=O)C1CCC1CC. The van der Waals surface area contributed by atoms with Crippen LogP contribution in [0, 0.1) is 17.8 Å². The van der Waals surface area contributed by atoms with Crippen LogP contribution in [0.4, 0.5) is 0 Å². The van der Waals surface area contributed by atoms with Gasteiger partial charge in [-0.2, -0.15) is 0 Å². The molecule has 0 bridgehead atoms. The molecule has 0 radical (unpaired) electrons. The zero-order valence-corrected chi connectivity index (χ0v) is 12.8. The summed E-state index contributed by atoms with van der Waals surface area (Å²) in [7, 11) is 1.75. The van der Waals surface area contributed by atoms with E-state index in [-0.39, 0.29) is 11.8 Å². The molecule has 0 heterocycles. The van der Waals surface area contributed by atoms with Gasteiger partial charge < -0.3 is 0 Å². The Balaban J connectivity index is 2.70. The molecule has 1 rings (SSSR count). The quantitative estimate of drug-likeness (QED) is 0.498. The lowest BCUT2D eigenvalue weighted by Crippen LogP contribution is -2.39. The van der Waals surface area contributed by atoms with Crippen molar-refractivity contribution in [3.8, 4) is 0 Å². The van der Waals surface area contributed by atoms with E-state index >= 15 is 0 Å². The molecular formula is C17H27NO. The number of Topliss-reactive ketones (excluding diaryl/α,β-unsaturated/α-hetero) is 1. The van der Waals surface area contributed by atoms with E-state index < -0.39 is 0 Å². The molecule has 0 spiro atoms. The van der Waals surface area contributed by atoms with Gasteiger partial charge in [0.2, 0.25) is 0 Å². The number of carbonyl (C=O) groups is 1. The summed E-state index contributed by atoms with van der Waals surface area (Å²) in [6.45, 7) is 10.1. The van der Waals surface area contributed by atoms with Gasteiger partial charge in [0.25, 0.3) is 0 Å². The van der Waals surface area contributed by atoms with Crippen LogP contribution >= 0.6 is 0 Å². The average molecular weight is 261 g/mol. The molecule has 0 aliphatic heterocycles. The molecule has 1 fully saturated rings. The van der Waals surface area contributed by atoms with Gasteiger partial charge >= 0.3 is 0 Å². The van der Waals surface area contributed by atoms with Gasteiger partial charge in [-0.15, -0.1) is 0 Å². The minimum Gasteiger partial charge on any atom is -0.293 e. The number of nitrogens with zero attached hydrogens (tertiary/aromatic N) is 1. The molecule has 3 unspecified atom stereocenters. The van der Waals surface area contributed by atoms with Crippen LogP contribution in [0.1, 0.15) is 46.5 Å². The molecule has 2 nitrogen and oxygen atoms in total. The Morgan fingerprint density at radius 2 is 2.16 bits per heavy atom. The van der Waals surface area contributed by atoms with E-state index in [0.717, 1.165) is 25.0 Å². The Bertz CT molecular complexity index is 390. The predicted octanol–water partition coefficient (Wildman–Crippen LogP) is 4.22. The molecule has 0 amide bonds. The Hall–Kier alpha value is -1.18. The molecule has 0 N–H and O–H groups in total. The Morgan fingerprint density at radius 3 is 2.58 bits per heavy atom. The normalized spacial score (nSPS) is 25.7. The van der Waals surface area contributed by atoms with Gasteiger partial charge in [0.1, 0.15) is 0 Å². The molecular weight excluding hydrogens is 234 g/mol. The molecule has 106 valence electrons. The van der Waals surface area contributed by atoms with E-state index in [0.29, 0.717) is 11.7 Å². The average Bonchev–Trinajstić information content (AvgIpc) is 2.29. The van der Waals surface area contributed by atoms with Crippen molar-refractivity contribution in [2.45, 2.75) is 46.5 Å². The van der Waals surface area contributed by atoms with Crippen LogP contribution < -0.4 is 0 Å². The van der Waals surface area contributed by atoms with Crippen LogP contribution in [-0.4, -0.2) is 18.5 Å². The molecule has 1 aliphatic rings. The second kappa shape index (κ2) is 7.42. The second-order valence-corrected chi connectivity index (χ2v) is 5.68. The van der Waals surface area contributed by atoms with E-state index in [4.69, 9.17) is 0 Å². The lowest BCUT2D eigenvalue weighted by molar-refractivity contribution is -0.121. The van der Waals surface area contributed by atoms with Crippen molar-refractivity contribution in [3.63, 3.8) is 0 Å². The number of hydrogen-bond donors (Lipinski definition) is 0. The fourth-order valence-corrected chi connectivity index (χ4v) is 3.02. The van der Waals surface area contributed by atoms with Crippen molar-refractivity contribution in [2.75, 3.05) is 7.05 Å². The van der Waals surface area contributed by atoms with E-state index in [2.05, 4.69) is 32.3 Å². The molecule has 3 atom stereocenters. The fraction of sp³-hybridized carbons (Fsp3) is 0.647. The highest BCUT2D eigenvalue weighted by Gasteiger charge is 2.37. The Morgan fingerprint density at radius 1 is 1.47 bits per heavy atom. The smallest absolute Gasteiger partial charge is 0.180 e. The van der Waals surface area contributed by atoms with Crippen molar-refractivity contribution >= 4 is 11.5 Å². The third kappa shape index (κ3) is 3.89. The Labute approximate surface area is 117 Å². The lowest BCUT2D eigenvalue weighted by Gasteiger charge is -2.35. The highest BCUT2D eigenvalue weighted by atomic mass is 16.1. The van der Waals surface area contributed by atoms with E-state index in [1.807, 2.05) is 6.08 Å². The first-order valence-corrected chi connectivity index (χ1v) is 7.34. The number of carbonyl (C=O) groups excluding carboxylic acids is 1.